The molecule has 0 bridgehead atoms. The Kier molecular flexibility index (Phi) is 6.54. The third-order valence-electron chi connectivity index (χ3n) is 1.60. The smallest absolute Gasteiger partial charge is 0.305 e. The van der Waals surface area contributed by atoms with Gasteiger partial charge < -0.3 is 15.2 Å². The van der Waals surface area contributed by atoms with Crippen LogP contribution in [0.3, 0.4) is 0 Å². The summed E-state index contributed by atoms with van der Waals surface area (Å²) in [4.78, 5) is 10.4. The largest absolute Gasteiger partial charge is 0.481 e. The summed E-state index contributed by atoms with van der Waals surface area (Å²) in [5.41, 5.74) is 0. The van der Waals surface area contributed by atoms with Crippen molar-refractivity contribution in [2.75, 3.05) is 20.3 Å². The number of aliphatic carboxylic acids is 1. The van der Waals surface area contributed by atoms with E-state index < -0.39 is 5.97 Å². The first-order chi connectivity index (χ1) is 6.06. The van der Waals surface area contributed by atoms with Crippen molar-refractivity contribution >= 4 is 5.97 Å². The van der Waals surface area contributed by atoms with Gasteiger partial charge in [0.05, 0.1) is 13.0 Å². The maximum atomic E-state index is 10.4. The second kappa shape index (κ2) is 6.86. The average Bonchev–Trinajstić information content (AvgIpc) is 1.99. The lowest BCUT2D eigenvalue weighted by Gasteiger charge is -2.17. The van der Waals surface area contributed by atoms with Crippen LogP contribution in [0.15, 0.2) is 0 Å². The van der Waals surface area contributed by atoms with Crippen molar-refractivity contribution in [2.24, 2.45) is 5.92 Å². The lowest BCUT2D eigenvalue weighted by molar-refractivity contribution is -0.137. The summed E-state index contributed by atoms with van der Waals surface area (Å²) in [6.45, 7) is 5.43. The van der Waals surface area contributed by atoms with E-state index >= 15 is 0 Å². The molecule has 0 radical (unpaired) electrons. The maximum Gasteiger partial charge on any atom is 0.305 e. The normalized spacial score (nSPS) is 13.2. The van der Waals surface area contributed by atoms with Crippen molar-refractivity contribution in [3.05, 3.63) is 0 Å². The highest BCUT2D eigenvalue weighted by Crippen LogP contribution is 1.95. The van der Waals surface area contributed by atoms with Gasteiger partial charge in [-0.3, -0.25) is 4.79 Å². The van der Waals surface area contributed by atoms with E-state index in [-0.39, 0.29) is 12.5 Å². The number of hydrogen-bond donors (Lipinski definition) is 2. The predicted molar refractivity (Wildman–Crippen MR) is 50.8 cm³/mol. The van der Waals surface area contributed by atoms with Gasteiger partial charge >= 0.3 is 5.97 Å². The zero-order valence-electron chi connectivity index (χ0n) is 8.54. The highest BCUT2D eigenvalue weighted by atomic mass is 16.5. The Morgan fingerprint density at radius 2 is 2.15 bits per heavy atom. The third kappa shape index (κ3) is 7.74. The van der Waals surface area contributed by atoms with Crippen LogP contribution in [0.4, 0.5) is 0 Å². The minimum absolute atomic E-state index is 0.0788. The summed E-state index contributed by atoms with van der Waals surface area (Å²) in [5.74, 6) is -0.272. The molecule has 0 fully saturated rings. The molecular weight excluding hydrogens is 170 g/mol. The molecule has 13 heavy (non-hydrogen) atoms. The topological polar surface area (TPSA) is 58.6 Å². The molecule has 0 saturated heterocycles. The van der Waals surface area contributed by atoms with Crippen LogP contribution in [-0.2, 0) is 9.53 Å². The summed E-state index contributed by atoms with van der Waals surface area (Å²) in [7, 11) is 1.58. The Balaban J connectivity index is 3.72. The molecule has 0 aromatic carbocycles. The zero-order valence-corrected chi connectivity index (χ0v) is 8.54. The van der Waals surface area contributed by atoms with Gasteiger partial charge in [-0.1, -0.05) is 13.8 Å². The lowest BCUT2D eigenvalue weighted by Crippen LogP contribution is -2.37. The summed E-state index contributed by atoms with van der Waals surface area (Å²) in [6.07, 6.45) is 0.112. The summed E-state index contributed by atoms with van der Waals surface area (Å²) in [6, 6.07) is -0.0788. The molecule has 0 aliphatic heterocycles. The first kappa shape index (κ1) is 12.4. The van der Waals surface area contributed by atoms with E-state index in [1.807, 2.05) is 0 Å². The minimum Gasteiger partial charge on any atom is -0.481 e. The molecule has 0 aromatic rings. The Hall–Kier alpha value is -0.610. The maximum absolute atomic E-state index is 10.4. The van der Waals surface area contributed by atoms with Crippen LogP contribution in [0.25, 0.3) is 0 Å². The number of rotatable bonds is 7. The molecule has 1 atom stereocenters. The number of ether oxygens (including phenoxy) is 1. The highest BCUT2D eigenvalue weighted by molar-refractivity contribution is 5.67. The van der Waals surface area contributed by atoms with Gasteiger partial charge in [-0.25, -0.2) is 0 Å². The van der Waals surface area contributed by atoms with Gasteiger partial charge in [0.15, 0.2) is 0 Å². The van der Waals surface area contributed by atoms with Crippen molar-refractivity contribution in [2.45, 2.75) is 26.3 Å². The molecule has 2 N–H and O–H groups in total. The second-order valence-corrected chi connectivity index (χ2v) is 3.55. The van der Waals surface area contributed by atoms with Crippen molar-refractivity contribution in [1.29, 1.82) is 0 Å². The molecule has 0 aliphatic rings. The first-order valence-corrected chi connectivity index (χ1v) is 4.50. The van der Waals surface area contributed by atoms with E-state index in [1.165, 1.54) is 0 Å². The van der Waals surface area contributed by atoms with Gasteiger partial charge in [-0.2, -0.15) is 0 Å². The fraction of sp³-hybridized carbons (Fsp3) is 0.889. The van der Waals surface area contributed by atoms with Gasteiger partial charge in [-0.15, -0.1) is 0 Å². The SMILES string of the molecule is COCC(CC(=O)O)NCC(C)C. The molecule has 0 heterocycles. The van der Waals surface area contributed by atoms with E-state index in [0.717, 1.165) is 6.54 Å². The molecule has 0 aromatic heterocycles. The first-order valence-electron chi connectivity index (χ1n) is 4.50. The fourth-order valence-electron chi connectivity index (χ4n) is 1.00. The molecule has 78 valence electrons. The van der Waals surface area contributed by atoms with Crippen LogP contribution >= 0.6 is 0 Å². The van der Waals surface area contributed by atoms with Gasteiger partial charge in [0, 0.05) is 13.2 Å². The Morgan fingerprint density at radius 1 is 1.54 bits per heavy atom. The number of carboxylic acids is 1. The minimum atomic E-state index is -0.793. The number of carbonyl (C=O) groups is 1. The second-order valence-electron chi connectivity index (χ2n) is 3.55. The van der Waals surface area contributed by atoms with Crippen LogP contribution in [0.2, 0.25) is 0 Å². The molecule has 0 amide bonds. The van der Waals surface area contributed by atoms with E-state index in [0.29, 0.717) is 12.5 Å². The Labute approximate surface area is 79.3 Å². The summed E-state index contributed by atoms with van der Waals surface area (Å²) >= 11 is 0. The lowest BCUT2D eigenvalue weighted by atomic mass is 10.1. The highest BCUT2D eigenvalue weighted by Gasteiger charge is 2.12. The predicted octanol–water partition coefficient (Wildman–Crippen LogP) is 0.722. The third-order valence-corrected chi connectivity index (χ3v) is 1.60. The molecule has 0 rings (SSSR count). The van der Waals surface area contributed by atoms with Gasteiger partial charge in [0.25, 0.3) is 0 Å². The van der Waals surface area contributed by atoms with Gasteiger partial charge in [-0.05, 0) is 12.5 Å². The average molecular weight is 189 g/mol. The number of carboxylic acid groups (broad SMARTS) is 1. The number of methoxy groups -OCH3 is 1. The van der Waals surface area contributed by atoms with Crippen LogP contribution < -0.4 is 5.32 Å². The molecule has 4 heteroatoms. The van der Waals surface area contributed by atoms with Gasteiger partial charge in [0.2, 0.25) is 0 Å². The molecule has 4 nitrogen and oxygen atoms in total. The van der Waals surface area contributed by atoms with Crippen LogP contribution in [-0.4, -0.2) is 37.4 Å². The van der Waals surface area contributed by atoms with E-state index in [1.54, 1.807) is 7.11 Å². The molecular formula is C9H19NO3. The van der Waals surface area contributed by atoms with E-state index in [9.17, 15) is 4.79 Å². The quantitative estimate of drug-likeness (QED) is 0.619. The zero-order chi connectivity index (χ0) is 10.3. The fourth-order valence-corrected chi connectivity index (χ4v) is 1.00. The van der Waals surface area contributed by atoms with Crippen molar-refractivity contribution in [3.8, 4) is 0 Å². The van der Waals surface area contributed by atoms with E-state index in [4.69, 9.17) is 9.84 Å². The molecule has 0 aliphatic carbocycles. The standard InChI is InChI=1S/C9H19NO3/c1-7(2)5-10-8(6-13-3)4-9(11)12/h7-8,10H,4-6H2,1-3H3,(H,11,12). The molecule has 0 spiro atoms. The number of nitrogens with one attached hydrogen (secondary N) is 1. The monoisotopic (exact) mass is 189 g/mol. The van der Waals surface area contributed by atoms with Crippen molar-refractivity contribution in [3.63, 3.8) is 0 Å². The molecule has 1 unspecified atom stereocenters. The summed E-state index contributed by atoms with van der Waals surface area (Å²) in [5, 5.41) is 11.7. The van der Waals surface area contributed by atoms with Crippen molar-refractivity contribution in [1.82, 2.24) is 5.32 Å². The van der Waals surface area contributed by atoms with Crippen molar-refractivity contribution < 1.29 is 14.6 Å². The summed E-state index contributed by atoms with van der Waals surface area (Å²) < 4.78 is 4.91. The van der Waals surface area contributed by atoms with Crippen LogP contribution in [0, 0.1) is 5.92 Å². The Morgan fingerprint density at radius 3 is 2.54 bits per heavy atom. The van der Waals surface area contributed by atoms with Crippen LogP contribution in [0.1, 0.15) is 20.3 Å². The van der Waals surface area contributed by atoms with Gasteiger partial charge in [0.1, 0.15) is 0 Å². The number of hydrogen-bond acceptors (Lipinski definition) is 3. The van der Waals surface area contributed by atoms with E-state index in [2.05, 4.69) is 19.2 Å². The van der Waals surface area contributed by atoms with Crippen LogP contribution in [0.5, 0.6) is 0 Å². The Bertz CT molecular complexity index is 148. The molecule has 0 saturated carbocycles.